The van der Waals surface area contributed by atoms with Crippen LogP contribution in [-0.4, -0.2) is 14.8 Å². The number of thiazole rings is 1. The van der Waals surface area contributed by atoms with Gasteiger partial charge in [-0.1, -0.05) is 0 Å². The molecule has 0 saturated carbocycles. The number of nitrogens with two attached hydrogens (primary N) is 1. The predicted molar refractivity (Wildman–Crippen MR) is 56.9 cm³/mol. The van der Waals surface area contributed by atoms with Gasteiger partial charge in [-0.15, -0.1) is 11.3 Å². The minimum absolute atomic E-state index is 0.00183. The summed E-state index contributed by atoms with van der Waals surface area (Å²) in [6.07, 6.45) is 1.76. The van der Waals surface area contributed by atoms with Crippen molar-refractivity contribution >= 4 is 11.3 Å². The summed E-state index contributed by atoms with van der Waals surface area (Å²) in [5, 5.41) is 7.07. The van der Waals surface area contributed by atoms with E-state index in [-0.39, 0.29) is 6.04 Å². The van der Waals surface area contributed by atoms with Crippen LogP contribution < -0.4 is 5.73 Å². The lowest BCUT2D eigenvalue weighted by Gasteiger charge is -1.98. The predicted octanol–water partition coefficient (Wildman–Crippen LogP) is 1.56. The summed E-state index contributed by atoms with van der Waals surface area (Å²) < 4.78 is 1.81. The highest BCUT2D eigenvalue weighted by Crippen LogP contribution is 2.23. The number of rotatable bonds is 2. The highest BCUT2D eigenvalue weighted by molar-refractivity contribution is 7.10. The number of hydrogen-bond acceptors (Lipinski definition) is 4. The molecule has 0 amide bonds. The molecule has 1 atom stereocenters. The van der Waals surface area contributed by atoms with Crippen molar-refractivity contribution in [1.82, 2.24) is 14.8 Å². The summed E-state index contributed by atoms with van der Waals surface area (Å²) in [5.74, 6) is 0. The molecule has 2 N–H and O–H groups in total. The largest absolute Gasteiger partial charge is 0.322 e. The van der Waals surface area contributed by atoms with Crippen molar-refractivity contribution in [3.8, 4) is 11.4 Å². The van der Waals surface area contributed by atoms with E-state index in [1.54, 1.807) is 22.2 Å². The highest BCUT2D eigenvalue weighted by atomic mass is 32.1. The molecule has 2 aromatic heterocycles. The van der Waals surface area contributed by atoms with E-state index in [9.17, 15) is 0 Å². The van der Waals surface area contributed by atoms with E-state index >= 15 is 0 Å². The molecule has 4 nitrogen and oxygen atoms in total. The Morgan fingerprint density at radius 2 is 2.36 bits per heavy atom. The van der Waals surface area contributed by atoms with Gasteiger partial charge in [0.1, 0.15) is 5.01 Å². The Kier molecular flexibility index (Phi) is 2.35. The van der Waals surface area contributed by atoms with Crippen LogP contribution in [-0.2, 0) is 7.05 Å². The highest BCUT2D eigenvalue weighted by Gasteiger charge is 2.09. The minimum atomic E-state index is 0.00183. The van der Waals surface area contributed by atoms with Gasteiger partial charge < -0.3 is 5.73 Å². The van der Waals surface area contributed by atoms with Gasteiger partial charge in [-0.2, -0.15) is 5.10 Å². The average molecular weight is 208 g/mol. The molecule has 0 radical (unpaired) electrons. The Morgan fingerprint density at radius 1 is 1.57 bits per heavy atom. The molecule has 0 aromatic carbocycles. The lowest BCUT2D eigenvalue weighted by atomic mass is 10.3. The molecule has 14 heavy (non-hydrogen) atoms. The van der Waals surface area contributed by atoms with Gasteiger partial charge in [-0.05, 0) is 13.0 Å². The quantitative estimate of drug-likeness (QED) is 0.815. The third kappa shape index (κ3) is 1.56. The summed E-state index contributed by atoms with van der Waals surface area (Å²) in [4.78, 5) is 4.45. The van der Waals surface area contributed by atoms with Crippen LogP contribution in [0.25, 0.3) is 11.4 Å². The zero-order chi connectivity index (χ0) is 10.1. The van der Waals surface area contributed by atoms with E-state index in [0.29, 0.717) is 0 Å². The Labute approximate surface area is 86.4 Å². The van der Waals surface area contributed by atoms with Crippen molar-refractivity contribution in [3.63, 3.8) is 0 Å². The molecular formula is C9H12N4S. The van der Waals surface area contributed by atoms with Crippen molar-refractivity contribution in [2.45, 2.75) is 13.0 Å². The summed E-state index contributed by atoms with van der Waals surface area (Å²) in [6, 6.07) is 1.95. The fraction of sp³-hybridized carbons (Fsp3) is 0.333. The van der Waals surface area contributed by atoms with Gasteiger partial charge >= 0.3 is 0 Å². The number of hydrogen-bond donors (Lipinski definition) is 1. The first-order valence-electron chi connectivity index (χ1n) is 4.38. The Morgan fingerprint density at radius 3 is 2.86 bits per heavy atom. The van der Waals surface area contributed by atoms with Crippen LogP contribution in [0.3, 0.4) is 0 Å². The molecule has 5 heteroatoms. The molecule has 2 aromatic rings. The van der Waals surface area contributed by atoms with E-state index in [1.165, 1.54) is 0 Å². The van der Waals surface area contributed by atoms with Crippen LogP contribution >= 0.6 is 11.3 Å². The maximum Gasteiger partial charge on any atom is 0.110 e. The summed E-state index contributed by atoms with van der Waals surface area (Å²) in [5.41, 5.74) is 7.71. The fourth-order valence-electron chi connectivity index (χ4n) is 1.24. The van der Waals surface area contributed by atoms with Crippen LogP contribution in [0.2, 0.25) is 0 Å². The molecule has 0 aliphatic heterocycles. The minimum Gasteiger partial charge on any atom is -0.322 e. The molecule has 0 bridgehead atoms. The van der Waals surface area contributed by atoms with Gasteiger partial charge in [0.05, 0.1) is 17.4 Å². The SMILES string of the molecule is CC(N)c1nc(-c2ccnn2C)cs1. The van der Waals surface area contributed by atoms with Crippen molar-refractivity contribution in [1.29, 1.82) is 0 Å². The van der Waals surface area contributed by atoms with Crippen LogP contribution in [0.5, 0.6) is 0 Å². The molecule has 0 aliphatic rings. The third-order valence-corrected chi connectivity index (χ3v) is 3.04. The molecular weight excluding hydrogens is 196 g/mol. The molecule has 2 heterocycles. The summed E-state index contributed by atoms with van der Waals surface area (Å²) >= 11 is 1.59. The van der Waals surface area contributed by atoms with Gasteiger partial charge in [0.15, 0.2) is 0 Å². The molecule has 74 valence electrons. The summed E-state index contributed by atoms with van der Waals surface area (Å²) in [6.45, 7) is 1.94. The van der Waals surface area contributed by atoms with Gasteiger partial charge in [0, 0.05) is 18.6 Å². The second-order valence-corrected chi connectivity index (χ2v) is 4.09. The summed E-state index contributed by atoms with van der Waals surface area (Å²) in [7, 11) is 1.90. The van der Waals surface area contributed by atoms with Crippen molar-refractivity contribution in [3.05, 3.63) is 22.7 Å². The molecule has 1 unspecified atom stereocenters. The van der Waals surface area contributed by atoms with E-state index in [4.69, 9.17) is 5.73 Å². The normalized spacial score (nSPS) is 13.1. The zero-order valence-electron chi connectivity index (χ0n) is 8.14. The standard InChI is InChI=1S/C9H12N4S/c1-6(10)9-12-7(5-14-9)8-3-4-11-13(8)2/h3-6H,10H2,1-2H3. The van der Waals surface area contributed by atoms with Crippen LogP contribution in [0.1, 0.15) is 18.0 Å². The van der Waals surface area contributed by atoms with E-state index in [2.05, 4.69) is 10.1 Å². The van der Waals surface area contributed by atoms with Gasteiger partial charge in [0.25, 0.3) is 0 Å². The maximum atomic E-state index is 5.74. The second-order valence-electron chi connectivity index (χ2n) is 3.20. The topological polar surface area (TPSA) is 56.7 Å². The first-order valence-corrected chi connectivity index (χ1v) is 5.26. The molecule has 0 spiro atoms. The fourth-order valence-corrected chi connectivity index (χ4v) is 2.01. The van der Waals surface area contributed by atoms with E-state index in [0.717, 1.165) is 16.4 Å². The first-order chi connectivity index (χ1) is 6.68. The Bertz CT molecular complexity index is 429. The van der Waals surface area contributed by atoms with Crippen LogP contribution in [0.15, 0.2) is 17.6 Å². The molecule has 0 saturated heterocycles. The van der Waals surface area contributed by atoms with E-state index < -0.39 is 0 Å². The van der Waals surface area contributed by atoms with Gasteiger partial charge in [-0.25, -0.2) is 4.98 Å². The Hall–Kier alpha value is -1.20. The van der Waals surface area contributed by atoms with Crippen molar-refractivity contribution in [2.24, 2.45) is 12.8 Å². The average Bonchev–Trinajstić information content (AvgIpc) is 2.71. The molecule has 0 fully saturated rings. The number of aryl methyl sites for hydroxylation is 1. The van der Waals surface area contributed by atoms with Crippen molar-refractivity contribution in [2.75, 3.05) is 0 Å². The number of aromatic nitrogens is 3. The second kappa shape index (κ2) is 3.51. The lowest BCUT2D eigenvalue weighted by Crippen LogP contribution is -2.04. The zero-order valence-corrected chi connectivity index (χ0v) is 8.95. The van der Waals surface area contributed by atoms with E-state index in [1.807, 2.05) is 25.4 Å². The number of nitrogens with zero attached hydrogens (tertiary/aromatic N) is 3. The van der Waals surface area contributed by atoms with Gasteiger partial charge in [-0.3, -0.25) is 4.68 Å². The Balaban J connectivity index is 2.39. The van der Waals surface area contributed by atoms with Crippen LogP contribution in [0.4, 0.5) is 0 Å². The maximum absolute atomic E-state index is 5.74. The molecule has 2 rings (SSSR count). The third-order valence-electron chi connectivity index (χ3n) is 1.99. The monoisotopic (exact) mass is 208 g/mol. The first kappa shape index (κ1) is 9.36. The lowest BCUT2D eigenvalue weighted by molar-refractivity contribution is 0.770. The molecule has 0 aliphatic carbocycles. The van der Waals surface area contributed by atoms with Gasteiger partial charge in [0.2, 0.25) is 0 Å². The van der Waals surface area contributed by atoms with Crippen molar-refractivity contribution < 1.29 is 0 Å². The van der Waals surface area contributed by atoms with Crippen LogP contribution in [0, 0.1) is 0 Å². The smallest absolute Gasteiger partial charge is 0.110 e.